The normalized spacial score (nSPS) is 19.7. The fourth-order valence-corrected chi connectivity index (χ4v) is 4.54. The summed E-state index contributed by atoms with van der Waals surface area (Å²) in [7, 11) is 0. The van der Waals surface area contributed by atoms with Crippen LogP contribution in [0.1, 0.15) is 47.6 Å². The van der Waals surface area contributed by atoms with E-state index < -0.39 is 18.3 Å². The maximum absolute atomic E-state index is 13.4. The molecule has 1 amide bonds. The number of rotatable bonds is 6. The Hall–Kier alpha value is -3.03. The Morgan fingerprint density at radius 2 is 1.94 bits per heavy atom. The van der Waals surface area contributed by atoms with E-state index in [0.29, 0.717) is 30.0 Å². The van der Waals surface area contributed by atoms with Crippen molar-refractivity contribution in [3.05, 3.63) is 53.7 Å². The number of anilines is 1. The Balaban J connectivity index is 1.42. The van der Waals surface area contributed by atoms with Gasteiger partial charge in [-0.25, -0.2) is 0 Å². The third kappa shape index (κ3) is 3.85. The molecule has 1 aliphatic carbocycles. The van der Waals surface area contributed by atoms with Crippen LogP contribution in [0.15, 0.2) is 42.5 Å². The van der Waals surface area contributed by atoms with Gasteiger partial charge < -0.3 is 29.6 Å². The van der Waals surface area contributed by atoms with E-state index in [1.54, 1.807) is 18.2 Å². The summed E-state index contributed by atoms with van der Waals surface area (Å²) in [5, 5.41) is 23.4. The molecule has 5 rings (SSSR count). The zero-order valence-corrected chi connectivity index (χ0v) is 19.0. The molecule has 2 aromatic carbocycles. The molecular weight excluding hydrogens is 420 g/mol. The van der Waals surface area contributed by atoms with Gasteiger partial charge in [0.05, 0.1) is 24.7 Å². The van der Waals surface area contributed by atoms with Gasteiger partial charge in [-0.3, -0.25) is 4.79 Å². The minimum absolute atomic E-state index is 0.120. The second-order valence-corrected chi connectivity index (χ2v) is 9.99. The summed E-state index contributed by atoms with van der Waals surface area (Å²) in [4.78, 5) is 13.4. The molecule has 0 spiro atoms. The van der Waals surface area contributed by atoms with E-state index in [1.165, 1.54) is 0 Å². The van der Waals surface area contributed by atoms with Crippen molar-refractivity contribution in [2.24, 2.45) is 0 Å². The molecule has 7 nitrogen and oxygen atoms in total. The highest BCUT2D eigenvalue weighted by Gasteiger charge is 2.51. The highest BCUT2D eigenvalue weighted by molar-refractivity contribution is 6.02. The van der Waals surface area contributed by atoms with Gasteiger partial charge in [-0.05, 0) is 54.8 Å². The Morgan fingerprint density at radius 1 is 1.18 bits per heavy atom. The van der Waals surface area contributed by atoms with E-state index >= 15 is 0 Å². The summed E-state index contributed by atoms with van der Waals surface area (Å²) in [5.74, 6) is 0.505. The molecule has 0 bridgehead atoms. The largest absolute Gasteiger partial charge is 0.454 e. The van der Waals surface area contributed by atoms with Gasteiger partial charge in [-0.15, -0.1) is 0 Å². The summed E-state index contributed by atoms with van der Waals surface area (Å²) in [6.07, 6.45) is 0.520. The third-order valence-electron chi connectivity index (χ3n) is 6.52. The summed E-state index contributed by atoms with van der Waals surface area (Å²) in [6.45, 7) is 4.05. The van der Waals surface area contributed by atoms with Crippen LogP contribution in [0.4, 0.5) is 5.69 Å². The topological polar surface area (TPSA) is 93.0 Å². The predicted octanol–water partition coefficient (Wildman–Crippen LogP) is 3.69. The van der Waals surface area contributed by atoms with Crippen molar-refractivity contribution in [3.8, 4) is 11.5 Å². The zero-order chi connectivity index (χ0) is 25.2. The number of aliphatic hydroxyl groups is 2. The molecule has 1 saturated carbocycles. The first-order valence-corrected chi connectivity index (χ1v) is 11.2. The molecule has 2 aliphatic rings. The second kappa shape index (κ2) is 7.78. The monoisotopic (exact) mass is 452 g/mol. The number of ether oxygens (including phenoxy) is 2. The maximum Gasteiger partial charge on any atom is 0.235 e. The minimum atomic E-state index is -2.20. The van der Waals surface area contributed by atoms with E-state index in [2.05, 4.69) is 32.2 Å². The van der Waals surface area contributed by atoms with Crippen LogP contribution in [0, 0.1) is 0 Å². The molecule has 1 unspecified atom stereocenters. The number of carbonyl (C=O) groups excluding carboxylic acids is 1. The van der Waals surface area contributed by atoms with Crippen LogP contribution >= 0.6 is 0 Å². The van der Waals surface area contributed by atoms with Crippen LogP contribution in [0.2, 0.25) is 0 Å². The number of aromatic nitrogens is 1. The average molecular weight is 453 g/mol. The van der Waals surface area contributed by atoms with E-state index in [9.17, 15) is 15.0 Å². The van der Waals surface area contributed by atoms with Crippen molar-refractivity contribution in [2.45, 2.75) is 57.1 Å². The van der Waals surface area contributed by atoms with Crippen LogP contribution in [0.25, 0.3) is 10.9 Å². The van der Waals surface area contributed by atoms with Crippen molar-refractivity contribution in [2.75, 3.05) is 18.7 Å². The third-order valence-corrected chi connectivity index (χ3v) is 6.52. The number of nitrogens with one attached hydrogen (secondary N) is 1. The lowest BCUT2D eigenvalue weighted by Crippen LogP contribution is -2.27. The van der Waals surface area contributed by atoms with Gasteiger partial charge in [0.25, 0.3) is 0 Å². The van der Waals surface area contributed by atoms with Crippen LogP contribution < -0.4 is 14.8 Å². The Morgan fingerprint density at radius 3 is 2.64 bits per heavy atom. The van der Waals surface area contributed by atoms with E-state index in [0.717, 1.165) is 22.2 Å². The number of amides is 1. The number of nitrogens with zero attached hydrogens (tertiary/aromatic N) is 1. The van der Waals surface area contributed by atoms with Crippen LogP contribution in [-0.2, 0) is 22.2 Å². The zero-order valence-electron chi connectivity index (χ0n) is 21.0. The molecule has 1 atom stereocenters. The van der Waals surface area contributed by atoms with Gasteiger partial charge in [0.1, 0.15) is 2.74 Å². The molecule has 0 radical (unpaired) electrons. The molecular formula is C26H30N2O5. The fraction of sp³-hybridized carbons (Fsp3) is 0.423. The Kier molecular flexibility index (Phi) is 4.58. The van der Waals surface area contributed by atoms with Gasteiger partial charge in [-0.1, -0.05) is 26.8 Å². The molecule has 3 aromatic rings. The lowest BCUT2D eigenvalue weighted by molar-refractivity contribution is -0.118. The van der Waals surface area contributed by atoms with Crippen molar-refractivity contribution >= 4 is 22.5 Å². The smallest absolute Gasteiger partial charge is 0.235 e. The standard InChI is InChI=1S/C26H30N2O5/c1-25(2,3)23-11-16-10-18(5-6-20(16)28(23)13-19(30)14-29)27-24(31)26(8-9-26)17-4-7-21-22(12-17)33-15-32-21/h4-7,10-12,19,29-30H,8-9,13-15H2,1-3H3,(H,27,31)/i15D2. The van der Waals surface area contributed by atoms with Gasteiger partial charge in [0, 0.05) is 27.7 Å². The highest BCUT2D eigenvalue weighted by atomic mass is 16.7. The number of hydrogen-bond acceptors (Lipinski definition) is 5. The summed E-state index contributed by atoms with van der Waals surface area (Å²) in [5.41, 5.74) is 2.54. The second-order valence-electron chi connectivity index (χ2n) is 9.99. The number of carbonyl (C=O) groups is 1. The molecule has 0 saturated heterocycles. The van der Waals surface area contributed by atoms with Crippen molar-refractivity contribution in [1.29, 1.82) is 0 Å². The van der Waals surface area contributed by atoms with Crippen molar-refractivity contribution in [3.63, 3.8) is 0 Å². The minimum Gasteiger partial charge on any atom is -0.454 e. The Bertz CT molecular complexity index is 1310. The van der Waals surface area contributed by atoms with Gasteiger partial charge in [0.15, 0.2) is 11.5 Å². The number of benzene rings is 2. The first kappa shape index (κ1) is 19.4. The van der Waals surface area contributed by atoms with Crippen LogP contribution in [0.3, 0.4) is 0 Å². The van der Waals surface area contributed by atoms with Gasteiger partial charge >= 0.3 is 0 Å². The molecule has 33 heavy (non-hydrogen) atoms. The summed E-state index contributed by atoms with van der Waals surface area (Å²) in [6, 6.07) is 12.9. The SMILES string of the molecule is [2H]C1([2H])Oc2ccc(C3(C(=O)Nc4ccc5c(c4)cc(C(C)(C)C)n5CC(O)CO)CC3)cc2O1. The first-order chi connectivity index (χ1) is 16.4. The predicted molar refractivity (Wildman–Crippen MR) is 126 cm³/mol. The molecule has 174 valence electrons. The van der Waals surface area contributed by atoms with Gasteiger partial charge in [-0.2, -0.15) is 0 Å². The van der Waals surface area contributed by atoms with E-state index in [4.69, 9.17) is 12.2 Å². The van der Waals surface area contributed by atoms with Crippen molar-refractivity contribution < 1.29 is 27.2 Å². The van der Waals surface area contributed by atoms with E-state index in [-0.39, 0.29) is 24.5 Å². The number of fused-ring (bicyclic) bond motifs is 2. The summed E-state index contributed by atoms with van der Waals surface area (Å²) >= 11 is 0. The molecule has 7 heteroatoms. The summed E-state index contributed by atoms with van der Waals surface area (Å²) < 4.78 is 27.6. The molecule has 1 aromatic heterocycles. The van der Waals surface area contributed by atoms with Crippen LogP contribution in [-0.4, -0.2) is 40.1 Å². The number of aliphatic hydroxyl groups excluding tert-OH is 2. The van der Waals surface area contributed by atoms with Crippen molar-refractivity contribution in [1.82, 2.24) is 4.57 Å². The molecule has 1 fully saturated rings. The fourth-order valence-electron chi connectivity index (χ4n) is 4.54. The quantitative estimate of drug-likeness (QED) is 0.530. The van der Waals surface area contributed by atoms with E-state index in [1.807, 2.05) is 22.8 Å². The first-order valence-electron chi connectivity index (χ1n) is 12.2. The molecule has 3 N–H and O–H groups in total. The lowest BCUT2D eigenvalue weighted by atomic mass is 9.92. The number of hydrogen-bond donors (Lipinski definition) is 3. The average Bonchev–Trinajstić information content (AvgIpc) is 3.42. The molecule has 2 heterocycles. The lowest BCUT2D eigenvalue weighted by Gasteiger charge is -2.23. The molecule has 1 aliphatic heterocycles. The van der Waals surface area contributed by atoms with Gasteiger partial charge in [0.2, 0.25) is 12.7 Å². The Labute approximate surface area is 195 Å². The highest BCUT2D eigenvalue weighted by Crippen LogP contribution is 2.51. The van der Waals surface area contributed by atoms with Crippen LogP contribution in [0.5, 0.6) is 11.5 Å². The maximum atomic E-state index is 13.4.